The summed E-state index contributed by atoms with van der Waals surface area (Å²) >= 11 is 0. The SMILES string of the molecule is CCNC(=O)c1ccc(N)c(NCCC(=O)OC)c1. The van der Waals surface area contributed by atoms with Crippen molar-refractivity contribution in [3.05, 3.63) is 23.8 Å². The van der Waals surface area contributed by atoms with Gasteiger partial charge in [-0.1, -0.05) is 0 Å². The van der Waals surface area contributed by atoms with Gasteiger partial charge in [-0.15, -0.1) is 0 Å². The van der Waals surface area contributed by atoms with E-state index in [9.17, 15) is 9.59 Å². The lowest BCUT2D eigenvalue weighted by Crippen LogP contribution is -2.22. The maximum Gasteiger partial charge on any atom is 0.307 e. The fraction of sp³-hybridized carbons (Fsp3) is 0.385. The van der Waals surface area contributed by atoms with Gasteiger partial charge in [-0.3, -0.25) is 9.59 Å². The zero-order valence-electron chi connectivity index (χ0n) is 11.2. The van der Waals surface area contributed by atoms with E-state index in [4.69, 9.17) is 5.73 Å². The molecule has 0 aliphatic carbocycles. The van der Waals surface area contributed by atoms with Crippen molar-refractivity contribution in [1.82, 2.24) is 5.32 Å². The topological polar surface area (TPSA) is 93.5 Å². The van der Waals surface area contributed by atoms with Crippen LogP contribution in [-0.2, 0) is 9.53 Å². The highest BCUT2D eigenvalue weighted by molar-refractivity contribution is 5.96. The smallest absolute Gasteiger partial charge is 0.307 e. The summed E-state index contributed by atoms with van der Waals surface area (Å²) < 4.78 is 4.54. The molecule has 1 aromatic rings. The highest BCUT2D eigenvalue weighted by atomic mass is 16.5. The second-order valence-corrected chi connectivity index (χ2v) is 3.91. The van der Waals surface area contributed by atoms with E-state index in [0.29, 0.717) is 30.0 Å². The van der Waals surface area contributed by atoms with Crippen molar-refractivity contribution in [2.24, 2.45) is 0 Å². The number of hydrogen-bond donors (Lipinski definition) is 3. The van der Waals surface area contributed by atoms with Crippen LogP contribution in [0.5, 0.6) is 0 Å². The number of hydrogen-bond acceptors (Lipinski definition) is 5. The van der Waals surface area contributed by atoms with E-state index in [-0.39, 0.29) is 18.3 Å². The number of nitrogens with one attached hydrogen (secondary N) is 2. The first-order valence-corrected chi connectivity index (χ1v) is 6.07. The second kappa shape index (κ2) is 7.25. The summed E-state index contributed by atoms with van der Waals surface area (Å²) in [4.78, 5) is 22.7. The molecule has 0 unspecified atom stereocenters. The Bertz CT molecular complexity index is 460. The number of rotatable bonds is 6. The predicted octanol–water partition coefficient (Wildman–Crippen LogP) is 0.993. The third-order valence-electron chi connectivity index (χ3n) is 2.53. The maximum absolute atomic E-state index is 11.7. The average molecular weight is 265 g/mol. The van der Waals surface area contributed by atoms with Crippen LogP contribution in [0.2, 0.25) is 0 Å². The Balaban J connectivity index is 2.69. The van der Waals surface area contributed by atoms with Gasteiger partial charge in [0, 0.05) is 18.7 Å². The average Bonchev–Trinajstić information content (AvgIpc) is 2.40. The molecule has 104 valence electrons. The van der Waals surface area contributed by atoms with Gasteiger partial charge in [0.25, 0.3) is 5.91 Å². The predicted molar refractivity (Wildman–Crippen MR) is 74.0 cm³/mol. The van der Waals surface area contributed by atoms with Crippen LogP contribution >= 0.6 is 0 Å². The molecule has 1 aromatic carbocycles. The van der Waals surface area contributed by atoms with Gasteiger partial charge < -0.3 is 21.1 Å². The number of carbonyl (C=O) groups is 2. The number of anilines is 2. The van der Waals surface area contributed by atoms with Crippen LogP contribution in [0.25, 0.3) is 0 Å². The molecular weight excluding hydrogens is 246 g/mol. The lowest BCUT2D eigenvalue weighted by Gasteiger charge is -2.10. The summed E-state index contributed by atoms with van der Waals surface area (Å²) in [5.41, 5.74) is 7.49. The first-order valence-electron chi connectivity index (χ1n) is 6.07. The minimum absolute atomic E-state index is 0.154. The lowest BCUT2D eigenvalue weighted by atomic mass is 10.1. The van der Waals surface area contributed by atoms with E-state index in [1.54, 1.807) is 18.2 Å². The molecule has 0 saturated heterocycles. The van der Waals surface area contributed by atoms with Crippen LogP contribution in [0.15, 0.2) is 18.2 Å². The molecule has 0 fully saturated rings. The Kier molecular flexibility index (Phi) is 5.66. The van der Waals surface area contributed by atoms with Gasteiger partial charge in [0.2, 0.25) is 0 Å². The Labute approximate surface area is 112 Å². The summed E-state index contributed by atoms with van der Waals surface area (Å²) in [5, 5.41) is 5.72. The van der Waals surface area contributed by atoms with E-state index in [1.807, 2.05) is 6.92 Å². The maximum atomic E-state index is 11.7. The minimum atomic E-state index is -0.300. The van der Waals surface area contributed by atoms with E-state index in [0.717, 1.165) is 0 Å². The van der Waals surface area contributed by atoms with Gasteiger partial charge in [0.05, 0.1) is 24.9 Å². The summed E-state index contributed by atoms with van der Waals surface area (Å²) in [5.74, 6) is -0.454. The molecule has 0 atom stereocenters. The van der Waals surface area contributed by atoms with Gasteiger partial charge >= 0.3 is 5.97 Å². The highest BCUT2D eigenvalue weighted by Crippen LogP contribution is 2.20. The summed E-state index contributed by atoms with van der Waals surface area (Å²) in [6, 6.07) is 4.98. The van der Waals surface area contributed by atoms with Crippen molar-refractivity contribution >= 4 is 23.3 Å². The minimum Gasteiger partial charge on any atom is -0.469 e. The van der Waals surface area contributed by atoms with Crippen LogP contribution in [-0.4, -0.2) is 32.1 Å². The molecule has 1 amide bonds. The number of carbonyl (C=O) groups excluding carboxylic acids is 2. The largest absolute Gasteiger partial charge is 0.469 e. The van der Waals surface area contributed by atoms with E-state index >= 15 is 0 Å². The third kappa shape index (κ3) is 4.50. The first kappa shape index (κ1) is 14.8. The number of methoxy groups -OCH3 is 1. The molecule has 0 saturated carbocycles. The lowest BCUT2D eigenvalue weighted by molar-refractivity contribution is -0.140. The fourth-order valence-electron chi connectivity index (χ4n) is 1.51. The molecular formula is C13H19N3O3. The van der Waals surface area contributed by atoms with Crippen LogP contribution in [0.3, 0.4) is 0 Å². The van der Waals surface area contributed by atoms with E-state index < -0.39 is 0 Å². The molecule has 0 aliphatic rings. The van der Waals surface area contributed by atoms with Crippen molar-refractivity contribution in [3.8, 4) is 0 Å². The van der Waals surface area contributed by atoms with Gasteiger partial charge in [0.15, 0.2) is 0 Å². The first-order chi connectivity index (χ1) is 9.08. The van der Waals surface area contributed by atoms with E-state index in [2.05, 4.69) is 15.4 Å². The summed E-state index contributed by atoms with van der Waals surface area (Å²) in [6.07, 6.45) is 0.237. The number of amides is 1. The standard InChI is InChI=1S/C13H19N3O3/c1-3-15-13(18)9-4-5-10(14)11(8-9)16-7-6-12(17)19-2/h4-5,8,16H,3,6-7,14H2,1-2H3,(H,15,18). The quantitative estimate of drug-likeness (QED) is 0.527. The van der Waals surface area contributed by atoms with Crippen molar-refractivity contribution in [2.45, 2.75) is 13.3 Å². The van der Waals surface area contributed by atoms with Crippen molar-refractivity contribution in [2.75, 3.05) is 31.2 Å². The molecule has 0 heterocycles. The molecule has 19 heavy (non-hydrogen) atoms. The van der Waals surface area contributed by atoms with Crippen molar-refractivity contribution in [3.63, 3.8) is 0 Å². The van der Waals surface area contributed by atoms with Gasteiger partial charge in [-0.25, -0.2) is 0 Å². The molecule has 1 rings (SSSR count). The van der Waals surface area contributed by atoms with Gasteiger partial charge in [0.1, 0.15) is 0 Å². The molecule has 0 aliphatic heterocycles. The molecule has 0 radical (unpaired) electrons. The zero-order valence-corrected chi connectivity index (χ0v) is 11.2. The van der Waals surface area contributed by atoms with Crippen LogP contribution in [0.4, 0.5) is 11.4 Å². The van der Waals surface area contributed by atoms with Gasteiger partial charge in [-0.05, 0) is 25.1 Å². The summed E-state index contributed by atoms with van der Waals surface area (Å²) in [6.45, 7) is 2.81. The van der Waals surface area contributed by atoms with Crippen molar-refractivity contribution in [1.29, 1.82) is 0 Å². The number of ether oxygens (including phenoxy) is 1. The molecule has 4 N–H and O–H groups in total. The fourth-order valence-corrected chi connectivity index (χ4v) is 1.51. The Morgan fingerprint density at radius 1 is 1.37 bits per heavy atom. The summed E-state index contributed by atoms with van der Waals surface area (Å²) in [7, 11) is 1.34. The molecule has 0 aromatic heterocycles. The Hall–Kier alpha value is -2.24. The zero-order chi connectivity index (χ0) is 14.3. The molecule has 0 bridgehead atoms. The van der Waals surface area contributed by atoms with Crippen LogP contribution < -0.4 is 16.4 Å². The normalized spacial score (nSPS) is 9.79. The van der Waals surface area contributed by atoms with Crippen LogP contribution in [0.1, 0.15) is 23.7 Å². The second-order valence-electron chi connectivity index (χ2n) is 3.91. The number of benzene rings is 1. The molecule has 6 nitrogen and oxygen atoms in total. The number of nitrogens with two attached hydrogens (primary N) is 1. The Morgan fingerprint density at radius 2 is 2.11 bits per heavy atom. The van der Waals surface area contributed by atoms with Gasteiger partial charge in [-0.2, -0.15) is 0 Å². The number of esters is 1. The van der Waals surface area contributed by atoms with Crippen LogP contribution in [0, 0.1) is 0 Å². The van der Waals surface area contributed by atoms with Crippen molar-refractivity contribution < 1.29 is 14.3 Å². The molecule has 6 heteroatoms. The highest BCUT2D eigenvalue weighted by Gasteiger charge is 2.08. The molecule has 0 spiro atoms. The van der Waals surface area contributed by atoms with E-state index in [1.165, 1.54) is 7.11 Å². The third-order valence-corrected chi connectivity index (χ3v) is 2.53. The monoisotopic (exact) mass is 265 g/mol. The number of nitrogen functional groups attached to an aromatic ring is 1. The Morgan fingerprint density at radius 3 is 2.74 bits per heavy atom.